The molecule has 0 atom stereocenters. The van der Waals surface area contributed by atoms with Crippen molar-refractivity contribution in [1.29, 1.82) is 5.41 Å². The van der Waals surface area contributed by atoms with Crippen LogP contribution in [-0.2, 0) is 0 Å². The second kappa shape index (κ2) is 5.76. The molecule has 1 aliphatic rings. The van der Waals surface area contributed by atoms with Crippen LogP contribution < -0.4 is 9.64 Å². The van der Waals surface area contributed by atoms with Crippen LogP contribution in [0, 0.1) is 5.41 Å². The van der Waals surface area contributed by atoms with Crippen molar-refractivity contribution in [2.75, 3.05) is 38.2 Å². The summed E-state index contributed by atoms with van der Waals surface area (Å²) in [6.07, 6.45) is 0.814. The maximum Gasteiger partial charge on any atom is 0.142 e. The fourth-order valence-electron chi connectivity index (χ4n) is 2.33. The van der Waals surface area contributed by atoms with Crippen LogP contribution in [0.5, 0.6) is 5.75 Å². The molecule has 4 nitrogen and oxygen atoms in total. The van der Waals surface area contributed by atoms with E-state index >= 15 is 0 Å². The second-order valence-corrected chi connectivity index (χ2v) is 4.45. The first-order valence-corrected chi connectivity index (χ1v) is 6.46. The second-order valence-electron chi connectivity index (χ2n) is 4.45. The maximum atomic E-state index is 7.86. The summed E-state index contributed by atoms with van der Waals surface area (Å²) in [7, 11) is 1.71. The van der Waals surface area contributed by atoms with Crippen LogP contribution in [0.3, 0.4) is 0 Å². The number of nitrogens with zero attached hydrogens (tertiary/aromatic N) is 2. The van der Waals surface area contributed by atoms with Gasteiger partial charge >= 0.3 is 0 Å². The maximum absolute atomic E-state index is 7.86. The summed E-state index contributed by atoms with van der Waals surface area (Å²) < 4.78 is 5.40. The minimum Gasteiger partial charge on any atom is -0.495 e. The third kappa shape index (κ3) is 2.58. The minimum absolute atomic E-state index is 0.745. The van der Waals surface area contributed by atoms with Crippen molar-refractivity contribution >= 4 is 11.5 Å². The molecule has 18 heavy (non-hydrogen) atoms. The Hall–Kier alpha value is -1.71. The van der Waals surface area contributed by atoms with E-state index in [9.17, 15) is 0 Å². The van der Waals surface area contributed by atoms with Gasteiger partial charge in [0.1, 0.15) is 5.75 Å². The van der Waals surface area contributed by atoms with E-state index in [1.807, 2.05) is 25.1 Å². The van der Waals surface area contributed by atoms with Gasteiger partial charge < -0.3 is 14.5 Å². The van der Waals surface area contributed by atoms with Gasteiger partial charge in [-0.25, -0.2) is 0 Å². The normalized spacial score (nSPS) is 15.7. The molecule has 0 bridgehead atoms. The Balaban J connectivity index is 2.03. The molecule has 1 aromatic carbocycles. The molecular weight excluding hydrogens is 226 g/mol. The Morgan fingerprint density at radius 2 is 1.89 bits per heavy atom. The summed E-state index contributed by atoms with van der Waals surface area (Å²) in [6.45, 7) is 5.77. The molecule has 0 saturated carbocycles. The van der Waals surface area contributed by atoms with Crippen molar-refractivity contribution in [3.8, 4) is 5.75 Å². The quantitative estimate of drug-likeness (QED) is 0.657. The number of anilines is 1. The van der Waals surface area contributed by atoms with Gasteiger partial charge in [-0.1, -0.05) is 19.1 Å². The predicted octanol–water partition coefficient (Wildman–Crippen LogP) is 2.20. The summed E-state index contributed by atoms with van der Waals surface area (Å²) in [6, 6.07) is 8.12. The molecule has 0 spiro atoms. The van der Waals surface area contributed by atoms with Crippen molar-refractivity contribution < 1.29 is 4.74 Å². The first kappa shape index (κ1) is 12.7. The van der Waals surface area contributed by atoms with E-state index in [0.717, 1.165) is 49.9 Å². The van der Waals surface area contributed by atoms with Gasteiger partial charge in [-0.05, 0) is 12.1 Å². The topological polar surface area (TPSA) is 39.6 Å². The number of hydrogen-bond donors (Lipinski definition) is 1. The first-order valence-electron chi connectivity index (χ1n) is 6.46. The number of methoxy groups -OCH3 is 1. The van der Waals surface area contributed by atoms with E-state index in [1.54, 1.807) is 7.11 Å². The van der Waals surface area contributed by atoms with Gasteiger partial charge in [0, 0.05) is 32.6 Å². The molecule has 0 unspecified atom stereocenters. The fourth-order valence-corrected chi connectivity index (χ4v) is 2.33. The van der Waals surface area contributed by atoms with Crippen LogP contribution >= 0.6 is 0 Å². The number of para-hydroxylation sites is 2. The molecule has 0 aromatic heterocycles. The standard InChI is InChI=1S/C14H21N3O/c1-3-14(15)17-10-8-16(9-11-17)12-6-4-5-7-13(12)18-2/h4-7,15H,3,8-11H2,1-2H3. The molecular formula is C14H21N3O. The van der Waals surface area contributed by atoms with Crippen LogP contribution in [0.1, 0.15) is 13.3 Å². The molecule has 0 aliphatic carbocycles. The lowest BCUT2D eigenvalue weighted by atomic mass is 10.2. The van der Waals surface area contributed by atoms with Crippen LogP contribution in [0.15, 0.2) is 24.3 Å². The number of ether oxygens (including phenoxy) is 1. The SMILES string of the molecule is CCC(=N)N1CCN(c2ccccc2OC)CC1. The van der Waals surface area contributed by atoms with Crippen LogP contribution in [0.25, 0.3) is 0 Å². The Bertz CT molecular complexity index is 411. The van der Waals surface area contributed by atoms with E-state index in [-0.39, 0.29) is 0 Å². The zero-order valence-electron chi connectivity index (χ0n) is 11.1. The number of rotatable bonds is 3. The number of hydrogen-bond acceptors (Lipinski definition) is 3. The Morgan fingerprint density at radius 3 is 2.50 bits per heavy atom. The lowest BCUT2D eigenvalue weighted by molar-refractivity contribution is 0.371. The van der Waals surface area contributed by atoms with Crippen LogP contribution in [0.2, 0.25) is 0 Å². The van der Waals surface area contributed by atoms with E-state index < -0.39 is 0 Å². The monoisotopic (exact) mass is 247 g/mol. The van der Waals surface area contributed by atoms with E-state index in [4.69, 9.17) is 10.1 Å². The van der Waals surface area contributed by atoms with Crippen LogP contribution in [0.4, 0.5) is 5.69 Å². The fraction of sp³-hybridized carbons (Fsp3) is 0.500. The minimum atomic E-state index is 0.745. The summed E-state index contributed by atoms with van der Waals surface area (Å²) >= 11 is 0. The van der Waals surface area contributed by atoms with E-state index in [0.29, 0.717) is 0 Å². The van der Waals surface area contributed by atoms with Gasteiger partial charge in [0.05, 0.1) is 18.6 Å². The molecule has 0 amide bonds. The smallest absolute Gasteiger partial charge is 0.142 e. The summed E-state index contributed by atoms with van der Waals surface area (Å²) in [5.74, 6) is 1.67. The van der Waals surface area contributed by atoms with Gasteiger partial charge in [-0.2, -0.15) is 0 Å². The Labute approximate surface area is 109 Å². The molecule has 4 heteroatoms. The third-order valence-electron chi connectivity index (χ3n) is 3.42. The van der Waals surface area contributed by atoms with Crippen molar-refractivity contribution in [3.05, 3.63) is 24.3 Å². The molecule has 1 aromatic rings. The lowest BCUT2D eigenvalue weighted by Crippen LogP contribution is -2.48. The number of amidine groups is 1. The van der Waals surface area contributed by atoms with Crippen molar-refractivity contribution in [2.45, 2.75) is 13.3 Å². The van der Waals surface area contributed by atoms with Crippen molar-refractivity contribution in [2.24, 2.45) is 0 Å². The molecule has 98 valence electrons. The highest BCUT2D eigenvalue weighted by molar-refractivity contribution is 5.79. The number of nitrogens with one attached hydrogen (secondary N) is 1. The molecule has 1 fully saturated rings. The Kier molecular flexibility index (Phi) is 4.07. The average molecular weight is 247 g/mol. The van der Waals surface area contributed by atoms with E-state index in [1.165, 1.54) is 0 Å². The number of piperazine rings is 1. The molecule has 1 heterocycles. The van der Waals surface area contributed by atoms with E-state index in [2.05, 4.69) is 15.9 Å². The third-order valence-corrected chi connectivity index (χ3v) is 3.42. The molecule has 1 saturated heterocycles. The highest BCUT2D eigenvalue weighted by Crippen LogP contribution is 2.28. The zero-order chi connectivity index (χ0) is 13.0. The van der Waals surface area contributed by atoms with Gasteiger partial charge in [0.25, 0.3) is 0 Å². The molecule has 2 rings (SSSR count). The summed E-state index contributed by atoms with van der Waals surface area (Å²) in [5, 5.41) is 7.86. The van der Waals surface area contributed by atoms with Crippen molar-refractivity contribution in [1.82, 2.24) is 4.90 Å². The molecule has 1 N–H and O–H groups in total. The van der Waals surface area contributed by atoms with Crippen molar-refractivity contribution in [3.63, 3.8) is 0 Å². The van der Waals surface area contributed by atoms with Gasteiger partial charge in [-0.15, -0.1) is 0 Å². The largest absolute Gasteiger partial charge is 0.495 e. The number of benzene rings is 1. The molecule has 1 aliphatic heterocycles. The predicted molar refractivity (Wildman–Crippen MR) is 74.8 cm³/mol. The first-order chi connectivity index (χ1) is 8.76. The van der Waals surface area contributed by atoms with Gasteiger partial charge in [-0.3, -0.25) is 5.41 Å². The highest BCUT2D eigenvalue weighted by atomic mass is 16.5. The lowest BCUT2D eigenvalue weighted by Gasteiger charge is -2.37. The van der Waals surface area contributed by atoms with Crippen LogP contribution in [-0.4, -0.2) is 44.0 Å². The van der Waals surface area contributed by atoms with Gasteiger partial charge in [0.2, 0.25) is 0 Å². The summed E-state index contributed by atoms with van der Waals surface area (Å²) in [5.41, 5.74) is 1.16. The average Bonchev–Trinajstić information content (AvgIpc) is 2.46. The Morgan fingerprint density at radius 1 is 1.22 bits per heavy atom. The zero-order valence-corrected chi connectivity index (χ0v) is 11.1. The van der Waals surface area contributed by atoms with Gasteiger partial charge in [0.15, 0.2) is 0 Å². The highest BCUT2D eigenvalue weighted by Gasteiger charge is 2.20. The summed E-state index contributed by atoms with van der Waals surface area (Å²) in [4.78, 5) is 4.49. The molecule has 0 radical (unpaired) electrons.